The Kier molecular flexibility index (Phi) is 43.8. The number of alkyl carbamates (subject to hydrolysis) is 2. The highest BCUT2D eigenvalue weighted by molar-refractivity contribution is 8.15. The molecule has 1 aliphatic carbocycles. The summed E-state index contributed by atoms with van der Waals surface area (Å²) >= 11 is 3.92. The number of ether oxygens (including phenoxy) is 6. The van der Waals surface area contributed by atoms with Gasteiger partial charge in [0.2, 0.25) is 5.91 Å². The van der Waals surface area contributed by atoms with Crippen LogP contribution < -0.4 is 21.3 Å². The van der Waals surface area contributed by atoms with Crippen molar-refractivity contribution >= 4 is 115 Å². The number of esters is 4. The topological polar surface area (TPSA) is 287 Å². The van der Waals surface area contributed by atoms with Crippen LogP contribution in [0, 0.1) is 11.8 Å². The van der Waals surface area contributed by atoms with E-state index in [1.807, 2.05) is 63.2 Å². The van der Waals surface area contributed by atoms with Crippen molar-refractivity contribution in [1.29, 1.82) is 0 Å². The Labute approximate surface area is 647 Å². The SMILES string of the molecule is C/C=C(\NC(=O)C1N=C(CNC(=O)OC(C)(C)C)S[C@@H]1C)C(=O)N[C@H](C(=O)O[C@H](/C=C/CCSC(=O)CCCCCCC)CC(=O)OCC[Si](C)(C)C)C(C)C.CCCCCCCC(=O)SCC/C=C/[C@H](CC(=O)OCC[Si](C)(C)C)OC(=O)[C@@H](NC(=O)OCC1c2ccccc2-c2ccccc21)C(C)C. The van der Waals surface area contributed by atoms with Crippen molar-refractivity contribution in [3.05, 3.63) is 95.7 Å². The van der Waals surface area contributed by atoms with E-state index in [4.69, 9.17) is 28.4 Å². The van der Waals surface area contributed by atoms with E-state index in [1.54, 1.807) is 59.8 Å². The van der Waals surface area contributed by atoms with Gasteiger partial charge in [0.25, 0.3) is 5.91 Å². The van der Waals surface area contributed by atoms with Crippen LogP contribution in [-0.4, -0.2) is 158 Å². The number of allylic oxidation sites excluding steroid dienone is 3. The summed E-state index contributed by atoms with van der Waals surface area (Å²) in [6, 6.07) is 14.9. The number of rotatable bonds is 45. The molecule has 592 valence electrons. The molecule has 2 aromatic carbocycles. The van der Waals surface area contributed by atoms with Gasteiger partial charge in [0.05, 0.1) is 37.6 Å². The van der Waals surface area contributed by atoms with Crippen molar-refractivity contribution in [2.75, 3.05) is 37.9 Å². The second-order valence-electron chi connectivity index (χ2n) is 30.8. The van der Waals surface area contributed by atoms with E-state index in [2.05, 4.69) is 91.5 Å². The number of carbonyl (C=O) groups is 10. The highest BCUT2D eigenvalue weighted by Gasteiger charge is 2.37. The number of fused-ring (bicyclic) bond motifs is 3. The second-order valence-corrected chi connectivity index (χ2v) is 45.8. The molecule has 0 saturated carbocycles. The van der Waals surface area contributed by atoms with E-state index in [0.29, 0.717) is 48.8 Å². The molecule has 2 aliphatic rings. The lowest BCUT2D eigenvalue weighted by Gasteiger charge is -2.24. The summed E-state index contributed by atoms with van der Waals surface area (Å²) in [5.74, 6) is -3.26. The number of hydrogen-bond acceptors (Lipinski definition) is 20. The molecule has 0 saturated heterocycles. The number of carbonyl (C=O) groups excluding carboxylic acids is 10. The van der Waals surface area contributed by atoms with E-state index < -0.39 is 106 Å². The molecule has 21 nitrogen and oxygen atoms in total. The van der Waals surface area contributed by atoms with Crippen LogP contribution in [0.5, 0.6) is 0 Å². The molecule has 4 rings (SSSR count). The van der Waals surface area contributed by atoms with Crippen LogP contribution in [0.2, 0.25) is 51.4 Å². The van der Waals surface area contributed by atoms with E-state index in [1.165, 1.54) is 60.6 Å². The van der Waals surface area contributed by atoms with Crippen molar-refractivity contribution < 1.29 is 76.4 Å². The lowest BCUT2D eigenvalue weighted by molar-refractivity contribution is -0.157. The first-order valence-electron chi connectivity index (χ1n) is 38.0. The molecule has 1 aliphatic heterocycles. The lowest BCUT2D eigenvalue weighted by atomic mass is 9.98. The van der Waals surface area contributed by atoms with Crippen LogP contribution in [0.15, 0.2) is 89.6 Å². The molecular formula is C80H125N5O16S3Si2. The van der Waals surface area contributed by atoms with Gasteiger partial charge in [-0.15, -0.1) is 11.8 Å². The van der Waals surface area contributed by atoms with E-state index in [9.17, 15) is 47.9 Å². The Hall–Kier alpha value is -6.49. The lowest BCUT2D eigenvalue weighted by Crippen LogP contribution is -2.49. The van der Waals surface area contributed by atoms with Gasteiger partial charge >= 0.3 is 36.1 Å². The number of nitrogens with zero attached hydrogens (tertiary/aromatic N) is 1. The fraction of sp³-hybridized carbons (Fsp3) is 0.637. The van der Waals surface area contributed by atoms with Gasteiger partial charge < -0.3 is 49.7 Å². The van der Waals surface area contributed by atoms with Crippen LogP contribution in [0.4, 0.5) is 9.59 Å². The fourth-order valence-corrected chi connectivity index (χ4v) is 14.9. The van der Waals surface area contributed by atoms with Gasteiger partial charge in [-0.2, -0.15) is 0 Å². The minimum Gasteiger partial charge on any atom is -0.466 e. The number of unbranched alkanes of at least 4 members (excludes halogenated alkanes) is 8. The Bertz CT molecular complexity index is 3220. The minimum atomic E-state index is -1.44. The summed E-state index contributed by atoms with van der Waals surface area (Å²) in [4.78, 5) is 133. The predicted molar refractivity (Wildman–Crippen MR) is 434 cm³/mol. The van der Waals surface area contributed by atoms with Crippen LogP contribution >= 0.6 is 35.3 Å². The summed E-state index contributed by atoms with van der Waals surface area (Å²) in [6.07, 6.45) is 18.0. The van der Waals surface area contributed by atoms with Crippen molar-refractivity contribution in [2.45, 2.75) is 277 Å². The first kappa shape index (κ1) is 93.7. The van der Waals surface area contributed by atoms with Gasteiger partial charge in [0.15, 0.2) is 10.2 Å². The summed E-state index contributed by atoms with van der Waals surface area (Å²) in [5, 5.41) is 11.3. The quantitative estimate of drug-likeness (QED) is 0.0120. The number of thioether (sulfide) groups is 3. The molecule has 1 heterocycles. The summed E-state index contributed by atoms with van der Waals surface area (Å²) in [7, 11) is -2.84. The molecule has 1 unspecified atom stereocenters. The van der Waals surface area contributed by atoms with E-state index in [-0.39, 0.29) is 65.6 Å². The molecule has 0 radical (unpaired) electrons. The first-order chi connectivity index (χ1) is 50.0. The Balaban J connectivity index is 0.000000553. The van der Waals surface area contributed by atoms with Crippen LogP contribution in [0.1, 0.15) is 196 Å². The van der Waals surface area contributed by atoms with Gasteiger partial charge in [-0.3, -0.25) is 33.8 Å². The van der Waals surface area contributed by atoms with Gasteiger partial charge in [-0.05, 0) is 112 Å². The number of nitrogens with one attached hydrogen (secondary N) is 4. The van der Waals surface area contributed by atoms with Crippen molar-refractivity contribution in [1.82, 2.24) is 21.3 Å². The smallest absolute Gasteiger partial charge is 0.407 e. The monoisotopic (exact) mass is 1560 g/mol. The third-order valence-electron chi connectivity index (χ3n) is 16.9. The first-order valence-corrected chi connectivity index (χ1v) is 48.3. The molecule has 2 aromatic rings. The number of amides is 4. The van der Waals surface area contributed by atoms with E-state index in [0.717, 1.165) is 79.3 Å². The Morgan fingerprint density at radius 2 is 1.07 bits per heavy atom. The minimum absolute atomic E-state index is 0.0726. The number of aliphatic imine (C=N–C) groups is 1. The van der Waals surface area contributed by atoms with Gasteiger partial charge in [0, 0.05) is 51.7 Å². The van der Waals surface area contributed by atoms with E-state index >= 15 is 0 Å². The maximum absolute atomic E-state index is 13.6. The third-order valence-corrected chi connectivity index (χ3v) is 23.4. The second kappa shape index (κ2) is 49.5. The fourth-order valence-electron chi connectivity index (χ4n) is 10.8. The Morgan fingerprint density at radius 3 is 1.50 bits per heavy atom. The highest BCUT2D eigenvalue weighted by Crippen LogP contribution is 2.44. The highest BCUT2D eigenvalue weighted by atomic mass is 32.2. The maximum Gasteiger partial charge on any atom is 0.407 e. The van der Waals surface area contributed by atoms with Gasteiger partial charge in [-0.1, -0.05) is 229 Å². The van der Waals surface area contributed by atoms with Gasteiger partial charge in [0.1, 0.15) is 48.2 Å². The van der Waals surface area contributed by atoms with Crippen LogP contribution in [0.25, 0.3) is 11.1 Å². The summed E-state index contributed by atoms with van der Waals surface area (Å²) in [6.45, 7) is 34.1. The molecule has 0 spiro atoms. The average molecular weight is 1570 g/mol. The standard InChI is InChI=1S/C40H68N4O9S2Si.C40H57NO7SSi/c1-12-14-15-16-17-21-33(46)54-23-19-18-20-29(25-32(45)51-22-24-56(9,10)11)52-38(49)34(27(3)4)44-36(47)30(13-2)42-37(48)35-28(5)55-31(43-35)26-41-39(50)53-40(6,7)8;1-7-8-9-10-11-23-37(43)49-25-17-16-18-30(27-36(42)46-24-26-50(4,5)6)48-39(44)38(29(2)3)41-40(45)47-28-35-33-21-14-12-19-31(33)32-20-13-15-22-34(32)35/h13,18,20,27-29,34-35H,12,14-17,19,21-26H2,1-11H3,(H,41,50)(H,42,48)(H,44,47);12-16,18-22,29-30,35,38H,7-11,17,23-28H2,1-6H3,(H,41,45)/b20-18+,30-13-;18-16+/t28-,29-,34+,35?;30-,38+/m11/s1. The van der Waals surface area contributed by atoms with Crippen LogP contribution in [-0.2, 0) is 66.8 Å². The number of benzene rings is 2. The Morgan fingerprint density at radius 1 is 0.613 bits per heavy atom. The normalized spacial score (nSPS) is 15.6. The summed E-state index contributed by atoms with van der Waals surface area (Å²) in [5.41, 5.74) is 3.71. The molecule has 0 fully saturated rings. The maximum atomic E-state index is 13.6. The zero-order chi connectivity index (χ0) is 79.0. The van der Waals surface area contributed by atoms with Crippen LogP contribution in [0.3, 0.4) is 0 Å². The molecule has 4 amide bonds. The number of hydrogen-bond donors (Lipinski definition) is 4. The average Bonchev–Trinajstić information content (AvgIpc) is 1.62. The zero-order valence-electron chi connectivity index (χ0n) is 66.4. The van der Waals surface area contributed by atoms with Gasteiger partial charge in [-0.25, -0.2) is 19.2 Å². The third kappa shape index (κ3) is 39.1. The molecule has 106 heavy (non-hydrogen) atoms. The zero-order valence-corrected chi connectivity index (χ0v) is 70.8. The molecule has 0 aromatic heterocycles. The van der Waals surface area contributed by atoms with Crippen molar-refractivity contribution in [3.8, 4) is 11.1 Å². The van der Waals surface area contributed by atoms with Crippen molar-refractivity contribution in [3.63, 3.8) is 0 Å². The molecule has 4 N–H and O–H groups in total. The molecule has 6 atom stereocenters. The molecule has 0 bridgehead atoms. The largest absolute Gasteiger partial charge is 0.466 e. The summed E-state index contributed by atoms with van der Waals surface area (Å²) < 4.78 is 33.5. The molecular weight excluding hydrogens is 1440 g/mol. The van der Waals surface area contributed by atoms with Crippen molar-refractivity contribution in [2.24, 2.45) is 16.8 Å². The molecule has 26 heteroatoms. The predicted octanol–water partition coefficient (Wildman–Crippen LogP) is 16.6.